The molecule has 0 aliphatic rings. The van der Waals surface area contributed by atoms with Crippen LogP contribution in [0.4, 0.5) is 11.4 Å². The molecule has 1 aromatic heterocycles. The average Bonchev–Trinajstić information content (AvgIpc) is 2.98. The van der Waals surface area contributed by atoms with Crippen molar-refractivity contribution in [3.05, 3.63) is 62.1 Å². The van der Waals surface area contributed by atoms with E-state index in [0.717, 1.165) is 10.6 Å². The van der Waals surface area contributed by atoms with Crippen LogP contribution in [0.5, 0.6) is 0 Å². The second kappa shape index (κ2) is 9.15. The zero-order valence-corrected chi connectivity index (χ0v) is 17.1. The summed E-state index contributed by atoms with van der Waals surface area (Å²) in [5.41, 5.74) is 1.11. The van der Waals surface area contributed by atoms with E-state index in [0.29, 0.717) is 22.6 Å². The molecule has 3 rings (SSSR count). The molecule has 0 aliphatic heterocycles. The molecule has 1 N–H and O–H groups in total. The molecule has 1 amide bonds. The van der Waals surface area contributed by atoms with Crippen LogP contribution < -0.4 is 11.1 Å². The van der Waals surface area contributed by atoms with E-state index in [1.165, 1.54) is 22.8 Å². The van der Waals surface area contributed by atoms with Crippen molar-refractivity contribution in [2.75, 3.05) is 11.1 Å². The maximum absolute atomic E-state index is 12.3. The van der Waals surface area contributed by atoms with Crippen molar-refractivity contribution in [3.8, 4) is 0 Å². The number of aromatic nitrogens is 1. The fraction of sp³-hybridized carbons (Fsp3) is 0.263. The van der Waals surface area contributed by atoms with Gasteiger partial charge in [0.25, 0.3) is 5.69 Å². The molecule has 29 heavy (non-hydrogen) atoms. The number of oxazole rings is 1. The lowest BCUT2D eigenvalue weighted by Gasteiger charge is -2.11. The first-order chi connectivity index (χ1) is 13.9. The summed E-state index contributed by atoms with van der Waals surface area (Å²) in [6.45, 7) is 2.27. The molecule has 0 atom stereocenters. The molecule has 0 saturated heterocycles. The summed E-state index contributed by atoms with van der Waals surface area (Å²) in [6.07, 6.45) is 0.586. The number of thioether (sulfide) groups is 1. The number of halogens is 1. The number of carbonyl (C=O) groups excluding carboxylic acids is 1. The number of nitrogens with one attached hydrogen (secondary N) is 1. The molecule has 2 aromatic carbocycles. The van der Waals surface area contributed by atoms with Crippen LogP contribution in [-0.4, -0.2) is 21.2 Å². The molecule has 0 bridgehead atoms. The first kappa shape index (κ1) is 20.9. The molecule has 1 heterocycles. The number of aryl methyl sites for hydroxylation is 1. The molecule has 0 aliphatic carbocycles. The summed E-state index contributed by atoms with van der Waals surface area (Å²) < 4.78 is 6.45. The van der Waals surface area contributed by atoms with E-state index < -0.39 is 10.7 Å². The number of carbonyl (C=O) groups is 1. The van der Waals surface area contributed by atoms with Crippen LogP contribution in [0.25, 0.3) is 11.1 Å². The van der Waals surface area contributed by atoms with Crippen LogP contribution in [0.3, 0.4) is 0 Å². The van der Waals surface area contributed by atoms with E-state index in [4.69, 9.17) is 16.0 Å². The van der Waals surface area contributed by atoms with Gasteiger partial charge in [0, 0.05) is 29.0 Å². The number of amides is 1. The largest absolute Gasteiger partial charge is 0.419 e. The smallest absolute Gasteiger partial charge is 0.407 e. The predicted molar refractivity (Wildman–Crippen MR) is 113 cm³/mol. The second-order valence-corrected chi connectivity index (χ2v) is 7.90. The molecule has 0 radical (unpaired) electrons. The first-order valence-corrected chi connectivity index (χ1v) is 10.3. The number of benzene rings is 2. The van der Waals surface area contributed by atoms with Gasteiger partial charge in [0.1, 0.15) is 0 Å². The fourth-order valence-electron chi connectivity index (χ4n) is 2.87. The van der Waals surface area contributed by atoms with Gasteiger partial charge >= 0.3 is 5.76 Å². The second-order valence-electron chi connectivity index (χ2n) is 6.15. The van der Waals surface area contributed by atoms with E-state index in [-0.39, 0.29) is 30.1 Å². The lowest BCUT2D eigenvalue weighted by molar-refractivity contribution is -0.384. The quantitative estimate of drug-likeness (QED) is 0.312. The Morgan fingerprint density at radius 1 is 1.31 bits per heavy atom. The maximum atomic E-state index is 12.3. The van der Waals surface area contributed by atoms with Crippen molar-refractivity contribution in [2.45, 2.75) is 31.2 Å². The van der Waals surface area contributed by atoms with Crippen molar-refractivity contribution in [3.63, 3.8) is 0 Å². The van der Waals surface area contributed by atoms with Gasteiger partial charge in [-0.05, 0) is 36.4 Å². The Morgan fingerprint density at radius 3 is 2.83 bits per heavy atom. The van der Waals surface area contributed by atoms with Gasteiger partial charge in [-0.1, -0.05) is 18.5 Å². The number of hydrogen-bond donors (Lipinski definition) is 1. The van der Waals surface area contributed by atoms with E-state index in [1.54, 1.807) is 23.9 Å². The maximum Gasteiger partial charge on any atom is 0.419 e. The Hall–Kier alpha value is -2.78. The minimum absolute atomic E-state index is 0.147. The van der Waals surface area contributed by atoms with E-state index in [9.17, 15) is 19.7 Å². The molecule has 8 nitrogen and oxygen atoms in total. The third-order valence-electron chi connectivity index (χ3n) is 4.16. The highest BCUT2D eigenvalue weighted by molar-refractivity contribution is 7.99. The third kappa shape index (κ3) is 4.99. The number of hydrogen-bond acceptors (Lipinski definition) is 6. The zero-order valence-electron chi connectivity index (χ0n) is 15.5. The number of nitrogens with zero attached hydrogens (tertiary/aromatic N) is 2. The monoisotopic (exact) mass is 435 g/mol. The molecule has 0 unspecified atom stereocenters. The van der Waals surface area contributed by atoms with Crippen LogP contribution in [0.1, 0.15) is 19.8 Å². The van der Waals surface area contributed by atoms with Crippen molar-refractivity contribution in [2.24, 2.45) is 0 Å². The third-order valence-corrected chi connectivity index (χ3v) is 5.35. The van der Waals surface area contributed by atoms with Gasteiger partial charge in [0.05, 0.1) is 22.2 Å². The number of anilines is 1. The molecule has 0 fully saturated rings. The van der Waals surface area contributed by atoms with Gasteiger partial charge in [-0.25, -0.2) is 4.79 Å². The molecule has 3 aromatic rings. The minimum Gasteiger partial charge on any atom is -0.407 e. The normalized spacial score (nSPS) is 11.0. The van der Waals surface area contributed by atoms with Crippen LogP contribution in [0.2, 0.25) is 5.02 Å². The van der Waals surface area contributed by atoms with Crippen LogP contribution in [-0.2, 0) is 11.3 Å². The van der Waals surface area contributed by atoms with Crippen molar-refractivity contribution in [1.82, 2.24) is 4.57 Å². The summed E-state index contributed by atoms with van der Waals surface area (Å²) >= 11 is 7.63. The molecule has 152 valence electrons. The minimum atomic E-state index is -0.614. The number of rotatable bonds is 8. The standard InChI is InChI=1S/C19H18ClN3O5S/c1-2-29-17-8-5-12(20)10-14(17)21-18(24)4-3-9-22-15-7-6-13(23(26)27)11-16(15)28-19(22)25/h5-8,10-11H,2-4,9H2,1H3,(H,21,24). The van der Waals surface area contributed by atoms with Crippen molar-refractivity contribution >= 4 is 51.7 Å². The fourth-order valence-corrected chi connectivity index (χ4v) is 3.78. The summed E-state index contributed by atoms with van der Waals surface area (Å²) in [6, 6.07) is 9.34. The number of non-ortho nitro benzene ring substituents is 1. The molecular weight excluding hydrogens is 418 g/mol. The molecular formula is C19H18ClN3O5S. The number of nitro benzene ring substituents is 1. The van der Waals surface area contributed by atoms with Crippen molar-refractivity contribution in [1.29, 1.82) is 0 Å². The van der Waals surface area contributed by atoms with E-state index in [2.05, 4.69) is 5.32 Å². The average molecular weight is 436 g/mol. The highest BCUT2D eigenvalue weighted by Crippen LogP contribution is 2.30. The molecule has 10 heteroatoms. The van der Waals surface area contributed by atoms with Gasteiger partial charge in [0.2, 0.25) is 5.91 Å². The number of nitro groups is 1. The summed E-state index contributed by atoms with van der Waals surface area (Å²) in [4.78, 5) is 35.6. The molecule has 0 spiro atoms. The Kier molecular flexibility index (Phi) is 6.60. The first-order valence-electron chi connectivity index (χ1n) is 8.89. The van der Waals surface area contributed by atoms with Gasteiger partial charge in [-0.2, -0.15) is 0 Å². The lowest BCUT2D eigenvalue weighted by Crippen LogP contribution is -2.17. The Balaban J connectivity index is 1.65. The Labute approximate surface area is 175 Å². The van der Waals surface area contributed by atoms with Crippen LogP contribution >= 0.6 is 23.4 Å². The van der Waals surface area contributed by atoms with E-state index >= 15 is 0 Å². The van der Waals surface area contributed by atoms with Crippen LogP contribution in [0, 0.1) is 10.1 Å². The van der Waals surface area contributed by atoms with Gasteiger partial charge < -0.3 is 9.73 Å². The van der Waals surface area contributed by atoms with Gasteiger partial charge in [-0.15, -0.1) is 11.8 Å². The summed E-state index contributed by atoms with van der Waals surface area (Å²) in [5, 5.41) is 14.2. The number of fused-ring (bicyclic) bond motifs is 1. The molecule has 0 saturated carbocycles. The highest BCUT2D eigenvalue weighted by Gasteiger charge is 2.14. The topological polar surface area (TPSA) is 107 Å². The summed E-state index contributed by atoms with van der Waals surface area (Å²) in [5.74, 6) is 0.0539. The highest BCUT2D eigenvalue weighted by atomic mass is 35.5. The predicted octanol–water partition coefficient (Wildman–Crippen LogP) is 4.69. The van der Waals surface area contributed by atoms with E-state index in [1.807, 2.05) is 13.0 Å². The van der Waals surface area contributed by atoms with Crippen molar-refractivity contribution < 1.29 is 14.1 Å². The SMILES string of the molecule is CCSc1ccc(Cl)cc1NC(=O)CCCn1c(=O)oc2cc([N+](=O)[O-])ccc21. The van der Waals surface area contributed by atoms with Gasteiger partial charge in [0.15, 0.2) is 5.58 Å². The summed E-state index contributed by atoms with van der Waals surface area (Å²) in [7, 11) is 0. The van der Waals surface area contributed by atoms with Gasteiger partial charge in [-0.3, -0.25) is 19.5 Å². The zero-order chi connectivity index (χ0) is 21.0. The Morgan fingerprint density at radius 2 is 2.10 bits per heavy atom. The van der Waals surface area contributed by atoms with Crippen LogP contribution in [0.15, 0.2) is 50.5 Å². The Bertz CT molecular complexity index is 1120. The lowest BCUT2D eigenvalue weighted by atomic mass is 10.2.